The fraction of sp³-hybridized carbons (Fsp3) is 1.00. The Hall–Kier alpha value is 0.532. The van der Waals surface area contributed by atoms with Gasteiger partial charge in [0.05, 0.1) is 0 Å². The van der Waals surface area contributed by atoms with Crippen LogP contribution in [-0.2, 0) is 14.1 Å². The molecule has 0 rings (SSSR count). The van der Waals surface area contributed by atoms with Crippen molar-refractivity contribution in [2.75, 3.05) is 0 Å². The Kier molecular flexibility index (Phi) is 5.04. The summed E-state index contributed by atoms with van der Waals surface area (Å²) in [4.78, 5) is 0. The van der Waals surface area contributed by atoms with Gasteiger partial charge in [0.15, 0.2) is 0 Å². The quantitative estimate of drug-likeness (QED) is 0.564. The molecule has 0 N–H and O–H groups in total. The minimum atomic E-state index is -0.0556. The zero-order valence-electron chi connectivity index (χ0n) is 5.53. The van der Waals surface area contributed by atoms with Crippen LogP contribution in [0.15, 0.2) is 0 Å². The molecule has 0 saturated heterocycles. The van der Waals surface area contributed by atoms with Gasteiger partial charge in [-0.2, -0.15) is 0 Å². The van der Waals surface area contributed by atoms with E-state index >= 15 is 0 Å². The molecule has 0 bridgehead atoms. The van der Waals surface area contributed by atoms with E-state index in [1.54, 1.807) is 0 Å². The van der Waals surface area contributed by atoms with Crippen LogP contribution in [0.1, 0.15) is 20.8 Å². The molecule has 0 aromatic carbocycles. The van der Waals surface area contributed by atoms with E-state index in [9.17, 15) is 0 Å². The Morgan fingerprint density at radius 3 is 1.14 bits per heavy atom. The summed E-state index contributed by atoms with van der Waals surface area (Å²) in [7, 11) is 0. The molecular weight excluding hydrogens is 124 g/mol. The van der Waals surface area contributed by atoms with Gasteiger partial charge >= 0.3 is 50.8 Å². The maximum atomic E-state index is 2.32. The molecule has 0 aromatic rings. The van der Waals surface area contributed by atoms with E-state index in [1.165, 1.54) is 15.8 Å². The van der Waals surface area contributed by atoms with Crippen molar-refractivity contribution in [1.82, 2.24) is 0 Å². The summed E-state index contributed by atoms with van der Waals surface area (Å²) in [6, 6.07) is 0. The molecule has 0 amide bonds. The molecule has 0 aromatic heterocycles. The fourth-order valence-corrected chi connectivity index (χ4v) is 2.52. The Morgan fingerprint density at radius 1 is 0.857 bits per heavy atom. The molecule has 0 aliphatic rings. The van der Waals surface area contributed by atoms with Gasteiger partial charge in [-0.15, -0.1) is 0 Å². The predicted molar refractivity (Wildman–Crippen MR) is 31.4 cm³/mol. The van der Waals surface area contributed by atoms with Crippen LogP contribution >= 0.6 is 0 Å². The molecule has 0 spiro atoms. The van der Waals surface area contributed by atoms with Crippen LogP contribution in [0.25, 0.3) is 0 Å². The van der Waals surface area contributed by atoms with Crippen molar-refractivity contribution in [3.05, 3.63) is 0 Å². The minimum absolute atomic E-state index is 0.0556. The monoisotopic (exact) mass is 139 g/mol. The average molecular weight is 139 g/mol. The van der Waals surface area contributed by atoms with Gasteiger partial charge in [-0.1, -0.05) is 0 Å². The van der Waals surface area contributed by atoms with Crippen LogP contribution in [0.5, 0.6) is 0 Å². The first-order chi connectivity index (χ1) is 3.35. The van der Waals surface area contributed by atoms with Crippen molar-refractivity contribution in [2.24, 2.45) is 0 Å². The van der Waals surface area contributed by atoms with Crippen LogP contribution < -0.4 is 0 Å². The molecule has 0 saturated carbocycles. The van der Waals surface area contributed by atoms with Gasteiger partial charge in [-0.05, 0) is 0 Å². The number of rotatable bonds is 3. The summed E-state index contributed by atoms with van der Waals surface area (Å²) >= 11 is -0.0556. The van der Waals surface area contributed by atoms with E-state index in [0.29, 0.717) is 0 Å². The Balaban J connectivity index is 2.99. The zero-order chi connectivity index (χ0) is 5.70. The molecule has 1 heteroatoms. The molecule has 0 unspecified atom stereocenters. The Labute approximate surface area is 51.3 Å². The molecule has 7 heavy (non-hydrogen) atoms. The van der Waals surface area contributed by atoms with Crippen molar-refractivity contribution in [1.29, 1.82) is 0 Å². The summed E-state index contributed by atoms with van der Waals surface area (Å²) < 4.78 is 0. The van der Waals surface area contributed by atoms with Crippen molar-refractivity contribution in [3.8, 4) is 0 Å². The molecular formula is C6H15Cr. The predicted octanol–water partition coefficient (Wildman–Crippen LogP) is 2.92. The SMILES string of the molecule is C[CH2][Cr]([CH2]C)[CH2]C. The Morgan fingerprint density at radius 2 is 1.14 bits per heavy atom. The van der Waals surface area contributed by atoms with Gasteiger partial charge in [0.1, 0.15) is 0 Å². The molecule has 0 radical (unpaired) electrons. The molecule has 0 atom stereocenters. The molecule has 0 aliphatic heterocycles. The zero-order valence-corrected chi connectivity index (χ0v) is 6.80. The van der Waals surface area contributed by atoms with Crippen LogP contribution in [0.4, 0.5) is 0 Å². The summed E-state index contributed by atoms with van der Waals surface area (Å²) in [6.07, 6.45) is 0. The molecule has 0 fully saturated rings. The van der Waals surface area contributed by atoms with Gasteiger partial charge in [0.2, 0.25) is 0 Å². The first kappa shape index (κ1) is 7.53. The van der Waals surface area contributed by atoms with Crippen molar-refractivity contribution >= 4 is 0 Å². The van der Waals surface area contributed by atoms with E-state index in [1.807, 2.05) is 0 Å². The van der Waals surface area contributed by atoms with Crippen molar-refractivity contribution in [3.63, 3.8) is 0 Å². The first-order valence-corrected chi connectivity index (χ1v) is 5.69. The molecule has 45 valence electrons. The normalized spacial score (nSPS) is 10.3. The third-order valence-corrected chi connectivity index (χ3v) is 5.05. The second kappa shape index (κ2) is 4.69. The van der Waals surface area contributed by atoms with Crippen LogP contribution in [0.3, 0.4) is 0 Å². The van der Waals surface area contributed by atoms with Crippen LogP contribution in [0, 0.1) is 0 Å². The van der Waals surface area contributed by atoms with Gasteiger partial charge < -0.3 is 0 Å². The van der Waals surface area contributed by atoms with Crippen LogP contribution in [-0.4, -0.2) is 0 Å². The summed E-state index contributed by atoms with van der Waals surface area (Å²) in [5, 5.41) is 4.44. The number of hydrogen-bond donors (Lipinski definition) is 0. The van der Waals surface area contributed by atoms with E-state index in [2.05, 4.69) is 20.8 Å². The van der Waals surface area contributed by atoms with E-state index in [-0.39, 0.29) is 14.1 Å². The fourth-order valence-electron chi connectivity index (χ4n) is 0.612. The second-order valence-corrected chi connectivity index (χ2v) is 6.10. The van der Waals surface area contributed by atoms with Crippen molar-refractivity contribution < 1.29 is 14.1 Å². The summed E-state index contributed by atoms with van der Waals surface area (Å²) in [5.74, 6) is 0. The molecule has 0 nitrogen and oxygen atoms in total. The average Bonchev–Trinajstić information content (AvgIpc) is 1.72. The molecule has 0 aliphatic carbocycles. The second-order valence-electron chi connectivity index (χ2n) is 1.48. The first-order valence-electron chi connectivity index (χ1n) is 2.99. The maximum absolute atomic E-state index is 2.32. The van der Waals surface area contributed by atoms with Gasteiger partial charge in [-0.25, -0.2) is 0 Å². The number of hydrogen-bond acceptors (Lipinski definition) is 0. The molecule has 0 heterocycles. The van der Waals surface area contributed by atoms with E-state index in [4.69, 9.17) is 0 Å². The standard InChI is InChI=1S/3C2H5.Cr/c3*1-2;/h3*1H2,2H3;. The van der Waals surface area contributed by atoms with Gasteiger partial charge in [0, 0.05) is 0 Å². The van der Waals surface area contributed by atoms with Crippen LogP contribution in [0.2, 0.25) is 15.8 Å². The third kappa shape index (κ3) is 3.14. The Bertz CT molecular complexity index is 25.7. The summed E-state index contributed by atoms with van der Waals surface area (Å²) in [5.41, 5.74) is 0. The summed E-state index contributed by atoms with van der Waals surface area (Å²) in [6.45, 7) is 6.95. The van der Waals surface area contributed by atoms with Gasteiger partial charge in [-0.3, -0.25) is 0 Å². The third-order valence-electron chi connectivity index (χ3n) is 1.22. The van der Waals surface area contributed by atoms with Gasteiger partial charge in [0.25, 0.3) is 0 Å². The van der Waals surface area contributed by atoms with Crippen molar-refractivity contribution in [2.45, 2.75) is 36.6 Å². The topological polar surface area (TPSA) is 0 Å². The van der Waals surface area contributed by atoms with E-state index in [0.717, 1.165) is 0 Å². The van der Waals surface area contributed by atoms with E-state index < -0.39 is 0 Å².